The standard InChI is InChI=1S/C12H11ClN2O3S.C12H11ClN2OS.C5H4Cl2N2O.C5H5ClN2OS/c1-15-12(16)11(13)10(7-14-15)19(17,18)8-9-5-3-2-4-6-9;1-15-12(16)11(13)10(7-14-15)17-8-9-5-3-2-4-6-9;1-9-5(10)4(7)3(6)2-8-9;1-8-5(9)4(6)3(10)2-7-8/h2-7H,8H2,1H3;2-7H,8H2,1H3;2H,1H3;2,10H,1H3. The van der Waals surface area contributed by atoms with Crippen LogP contribution in [0.1, 0.15) is 11.1 Å². The molecule has 0 aliphatic carbocycles. The Balaban J connectivity index is 0.000000208. The molecule has 6 aromatic rings. The van der Waals surface area contributed by atoms with Crippen molar-refractivity contribution in [1.29, 1.82) is 0 Å². The topological polar surface area (TPSA) is 174 Å². The summed E-state index contributed by atoms with van der Waals surface area (Å²) in [6, 6.07) is 18.7. The first-order valence-corrected chi connectivity index (χ1v) is 20.5. The van der Waals surface area contributed by atoms with Crippen molar-refractivity contribution in [3.63, 3.8) is 0 Å². The van der Waals surface area contributed by atoms with Gasteiger partial charge in [0.15, 0.2) is 9.84 Å². The highest BCUT2D eigenvalue weighted by molar-refractivity contribution is 7.98. The lowest BCUT2D eigenvalue weighted by molar-refractivity contribution is 0.592. The van der Waals surface area contributed by atoms with E-state index in [1.165, 1.54) is 55.5 Å². The lowest BCUT2D eigenvalue weighted by Gasteiger charge is -2.06. The van der Waals surface area contributed by atoms with Crippen molar-refractivity contribution >= 4 is 92.2 Å². The van der Waals surface area contributed by atoms with Crippen LogP contribution in [0.15, 0.2) is 119 Å². The number of thioether (sulfide) groups is 1. The molecule has 0 saturated carbocycles. The van der Waals surface area contributed by atoms with E-state index >= 15 is 0 Å². The Hall–Kier alpha value is -3.94. The van der Waals surface area contributed by atoms with Gasteiger partial charge in [-0.1, -0.05) is 119 Å². The number of halogens is 5. The number of nitrogens with zero attached hydrogens (tertiary/aromatic N) is 8. The summed E-state index contributed by atoms with van der Waals surface area (Å²) in [5, 5.41) is 15.2. The molecule has 0 unspecified atom stereocenters. The van der Waals surface area contributed by atoms with Crippen LogP contribution < -0.4 is 22.2 Å². The van der Waals surface area contributed by atoms with E-state index in [1.807, 2.05) is 30.3 Å². The third-order valence-electron chi connectivity index (χ3n) is 6.96. The fourth-order valence-corrected chi connectivity index (χ4v) is 7.59. The summed E-state index contributed by atoms with van der Waals surface area (Å²) >= 11 is 33.7. The average molecular weight is 921 g/mol. The maximum Gasteiger partial charge on any atom is 0.286 e. The van der Waals surface area contributed by atoms with Gasteiger partial charge < -0.3 is 0 Å². The lowest BCUT2D eigenvalue weighted by Crippen LogP contribution is -2.22. The molecular formula is C34H31Cl5N8O6S3. The molecule has 0 bridgehead atoms. The number of rotatable bonds is 6. The van der Waals surface area contributed by atoms with E-state index in [0.29, 0.717) is 10.5 Å². The predicted molar refractivity (Wildman–Crippen MR) is 224 cm³/mol. The second-order valence-electron chi connectivity index (χ2n) is 11.0. The maximum atomic E-state index is 12.2. The molecule has 4 heterocycles. The van der Waals surface area contributed by atoms with Crippen molar-refractivity contribution in [1.82, 2.24) is 39.1 Å². The first-order valence-electron chi connectivity index (χ1n) is 15.5. The Morgan fingerprint density at radius 3 is 1.52 bits per heavy atom. The van der Waals surface area contributed by atoms with Crippen LogP contribution >= 0.6 is 82.4 Å². The van der Waals surface area contributed by atoms with Crippen LogP contribution in [-0.4, -0.2) is 47.5 Å². The van der Waals surface area contributed by atoms with Gasteiger partial charge in [-0.25, -0.2) is 27.1 Å². The number of aromatic nitrogens is 8. The third kappa shape index (κ3) is 13.1. The highest BCUT2D eigenvalue weighted by atomic mass is 35.5. The van der Waals surface area contributed by atoms with Crippen LogP contribution in [0.3, 0.4) is 0 Å². The molecule has 56 heavy (non-hydrogen) atoms. The largest absolute Gasteiger partial charge is 0.286 e. The van der Waals surface area contributed by atoms with Gasteiger partial charge in [0, 0.05) is 38.8 Å². The molecule has 2 aromatic carbocycles. The summed E-state index contributed by atoms with van der Waals surface area (Å²) in [4.78, 5) is 45.8. The summed E-state index contributed by atoms with van der Waals surface area (Å²) in [7, 11) is 2.33. The summed E-state index contributed by atoms with van der Waals surface area (Å²) in [6.07, 6.45) is 5.47. The fraction of sp³-hybridized carbons (Fsp3) is 0.176. The predicted octanol–water partition coefficient (Wildman–Crippen LogP) is 5.94. The van der Waals surface area contributed by atoms with Gasteiger partial charge in [-0.3, -0.25) is 19.2 Å². The van der Waals surface area contributed by atoms with Gasteiger partial charge >= 0.3 is 0 Å². The molecular weight excluding hydrogens is 890 g/mol. The van der Waals surface area contributed by atoms with Gasteiger partial charge in [0.2, 0.25) is 0 Å². The Morgan fingerprint density at radius 2 is 1.00 bits per heavy atom. The molecule has 0 N–H and O–H groups in total. The molecule has 0 spiro atoms. The molecule has 0 aliphatic heterocycles. The summed E-state index contributed by atoms with van der Waals surface area (Å²) < 4.78 is 28.9. The molecule has 0 aliphatic rings. The average Bonchev–Trinajstić information content (AvgIpc) is 3.18. The van der Waals surface area contributed by atoms with Gasteiger partial charge in [0.05, 0.1) is 40.5 Å². The normalized spacial score (nSPS) is 10.6. The summed E-state index contributed by atoms with van der Waals surface area (Å²) in [5.74, 6) is 0.553. The van der Waals surface area contributed by atoms with E-state index in [2.05, 4.69) is 33.0 Å². The van der Waals surface area contributed by atoms with E-state index in [4.69, 9.17) is 58.0 Å². The van der Waals surface area contributed by atoms with Crippen LogP contribution in [0, 0.1) is 0 Å². The number of benzene rings is 2. The molecule has 0 radical (unpaired) electrons. The van der Waals surface area contributed by atoms with Crippen LogP contribution in [0.5, 0.6) is 0 Å². The van der Waals surface area contributed by atoms with Gasteiger partial charge in [0.25, 0.3) is 22.2 Å². The molecule has 22 heteroatoms. The molecule has 0 fully saturated rings. The number of thiol groups is 1. The van der Waals surface area contributed by atoms with Crippen LogP contribution in [0.2, 0.25) is 25.1 Å². The molecule has 0 amide bonds. The Bertz CT molecular complexity index is 2580. The number of aryl methyl sites for hydroxylation is 4. The number of hydrogen-bond acceptors (Lipinski definition) is 12. The minimum Gasteiger partial charge on any atom is -0.266 e. The highest BCUT2D eigenvalue weighted by Gasteiger charge is 2.22. The first-order chi connectivity index (χ1) is 26.3. The van der Waals surface area contributed by atoms with Crippen LogP contribution in [0.25, 0.3) is 0 Å². The van der Waals surface area contributed by atoms with Crippen molar-refractivity contribution in [2.24, 2.45) is 28.2 Å². The second kappa shape index (κ2) is 21.5. The van der Waals surface area contributed by atoms with Crippen molar-refractivity contribution < 1.29 is 8.42 Å². The minimum atomic E-state index is -3.69. The smallest absolute Gasteiger partial charge is 0.266 e. The van der Waals surface area contributed by atoms with E-state index in [9.17, 15) is 27.6 Å². The van der Waals surface area contributed by atoms with Gasteiger partial charge in [0.1, 0.15) is 25.0 Å². The van der Waals surface area contributed by atoms with E-state index in [-0.39, 0.29) is 52.4 Å². The highest BCUT2D eigenvalue weighted by Crippen LogP contribution is 2.26. The summed E-state index contributed by atoms with van der Waals surface area (Å²) in [5.41, 5.74) is 0.220. The molecule has 4 aromatic heterocycles. The Morgan fingerprint density at radius 1 is 0.571 bits per heavy atom. The molecule has 6 rings (SSSR count). The molecule has 0 saturated heterocycles. The zero-order chi connectivity index (χ0) is 41.7. The van der Waals surface area contributed by atoms with Crippen LogP contribution in [-0.2, 0) is 49.5 Å². The molecule has 14 nitrogen and oxygen atoms in total. The SMILES string of the molecule is Cn1ncc(Cl)c(Cl)c1=O.Cn1ncc(S(=O)(=O)Cc2ccccc2)c(Cl)c1=O.Cn1ncc(S)c(Cl)c1=O.Cn1ncc(SCc2ccccc2)c(Cl)c1=O. The van der Waals surface area contributed by atoms with Crippen LogP contribution in [0.4, 0.5) is 0 Å². The molecule has 0 atom stereocenters. The van der Waals surface area contributed by atoms with Gasteiger partial charge in [-0.2, -0.15) is 20.4 Å². The van der Waals surface area contributed by atoms with E-state index in [0.717, 1.165) is 30.9 Å². The van der Waals surface area contributed by atoms with E-state index in [1.54, 1.807) is 43.6 Å². The van der Waals surface area contributed by atoms with Crippen molar-refractivity contribution in [3.05, 3.63) is 163 Å². The van der Waals surface area contributed by atoms with Crippen molar-refractivity contribution in [2.45, 2.75) is 26.2 Å². The monoisotopic (exact) mass is 918 g/mol. The number of sulfone groups is 1. The third-order valence-corrected chi connectivity index (χ3v) is 12.3. The Kier molecular flexibility index (Phi) is 17.9. The van der Waals surface area contributed by atoms with Crippen molar-refractivity contribution in [2.75, 3.05) is 0 Å². The quantitative estimate of drug-likeness (QED) is 0.155. The molecule has 296 valence electrons. The van der Waals surface area contributed by atoms with Gasteiger partial charge in [-0.05, 0) is 11.1 Å². The fourth-order valence-electron chi connectivity index (χ4n) is 3.91. The van der Waals surface area contributed by atoms with E-state index < -0.39 is 15.4 Å². The number of hydrogen-bond donors (Lipinski definition) is 1. The minimum absolute atomic E-state index is 0.0131. The van der Waals surface area contributed by atoms with Gasteiger partial charge in [-0.15, -0.1) is 24.4 Å². The zero-order valence-corrected chi connectivity index (χ0v) is 36.0. The van der Waals surface area contributed by atoms with Crippen molar-refractivity contribution in [3.8, 4) is 0 Å². The second-order valence-corrected chi connectivity index (χ2v) is 16.4. The first kappa shape index (κ1) is 46.4. The zero-order valence-electron chi connectivity index (χ0n) is 29.7. The lowest BCUT2D eigenvalue weighted by atomic mass is 10.2. The summed E-state index contributed by atoms with van der Waals surface area (Å²) in [6.45, 7) is 0. The maximum absolute atomic E-state index is 12.2. The Labute approximate surface area is 354 Å².